The average molecular weight is 184 g/mol. The number of rotatable bonds is 4. The zero-order valence-corrected chi connectivity index (χ0v) is 8.46. The van der Waals surface area contributed by atoms with Crippen molar-refractivity contribution >= 4 is 5.91 Å². The fourth-order valence-corrected chi connectivity index (χ4v) is 1.95. The van der Waals surface area contributed by atoms with Crippen LogP contribution in [-0.4, -0.2) is 29.9 Å². The van der Waals surface area contributed by atoms with Crippen LogP contribution in [0.2, 0.25) is 0 Å². The molecule has 0 aliphatic carbocycles. The third-order valence-corrected chi connectivity index (χ3v) is 2.81. The van der Waals surface area contributed by atoms with Crippen LogP contribution in [0.4, 0.5) is 0 Å². The smallest absolute Gasteiger partial charge is 0.217 e. The highest BCUT2D eigenvalue weighted by Crippen LogP contribution is 2.16. The highest BCUT2D eigenvalue weighted by molar-refractivity contribution is 5.73. The Hall–Kier alpha value is -0.570. The summed E-state index contributed by atoms with van der Waals surface area (Å²) in [5.74, 6) is -0.176. The number of piperidine rings is 1. The SMILES string of the molecule is CC1CCCCN1CCCC(N)=O. The van der Waals surface area contributed by atoms with Crippen molar-refractivity contribution in [3.05, 3.63) is 0 Å². The lowest BCUT2D eigenvalue weighted by Crippen LogP contribution is -2.38. The van der Waals surface area contributed by atoms with Crippen molar-refractivity contribution in [2.45, 2.75) is 45.1 Å². The largest absolute Gasteiger partial charge is 0.370 e. The Kier molecular flexibility index (Phi) is 4.22. The standard InChI is InChI=1S/C10H20N2O/c1-9-5-2-3-7-12(9)8-4-6-10(11)13/h9H,2-8H2,1H3,(H2,11,13). The van der Waals surface area contributed by atoms with Crippen molar-refractivity contribution in [2.75, 3.05) is 13.1 Å². The first kappa shape index (κ1) is 10.5. The summed E-state index contributed by atoms with van der Waals surface area (Å²) in [4.78, 5) is 13.0. The van der Waals surface area contributed by atoms with Gasteiger partial charge in [0, 0.05) is 12.5 Å². The zero-order chi connectivity index (χ0) is 9.68. The molecule has 0 radical (unpaired) electrons. The summed E-state index contributed by atoms with van der Waals surface area (Å²) in [6.07, 6.45) is 5.41. The van der Waals surface area contributed by atoms with Crippen molar-refractivity contribution in [2.24, 2.45) is 5.73 Å². The number of carbonyl (C=O) groups is 1. The molecule has 3 heteroatoms. The van der Waals surface area contributed by atoms with E-state index >= 15 is 0 Å². The average Bonchev–Trinajstić information content (AvgIpc) is 2.08. The monoisotopic (exact) mass is 184 g/mol. The van der Waals surface area contributed by atoms with Crippen LogP contribution < -0.4 is 5.73 Å². The van der Waals surface area contributed by atoms with E-state index < -0.39 is 0 Å². The lowest BCUT2D eigenvalue weighted by Gasteiger charge is -2.33. The number of hydrogen-bond acceptors (Lipinski definition) is 2. The van der Waals surface area contributed by atoms with Crippen LogP contribution in [-0.2, 0) is 4.79 Å². The number of amides is 1. The van der Waals surface area contributed by atoms with Gasteiger partial charge in [-0.05, 0) is 39.3 Å². The highest BCUT2D eigenvalue weighted by Gasteiger charge is 2.17. The first-order valence-corrected chi connectivity index (χ1v) is 5.22. The minimum absolute atomic E-state index is 0.176. The minimum atomic E-state index is -0.176. The first-order valence-electron chi connectivity index (χ1n) is 5.22. The van der Waals surface area contributed by atoms with E-state index in [1.165, 1.54) is 25.8 Å². The predicted molar refractivity (Wildman–Crippen MR) is 53.3 cm³/mol. The molecule has 0 bridgehead atoms. The van der Waals surface area contributed by atoms with E-state index in [-0.39, 0.29) is 5.91 Å². The fourth-order valence-electron chi connectivity index (χ4n) is 1.95. The molecule has 0 saturated carbocycles. The van der Waals surface area contributed by atoms with Gasteiger partial charge in [-0.3, -0.25) is 4.79 Å². The van der Waals surface area contributed by atoms with Crippen LogP contribution in [0.3, 0.4) is 0 Å². The van der Waals surface area contributed by atoms with Gasteiger partial charge in [-0.2, -0.15) is 0 Å². The van der Waals surface area contributed by atoms with Gasteiger partial charge in [0.15, 0.2) is 0 Å². The Bertz CT molecular complexity index is 170. The summed E-state index contributed by atoms with van der Waals surface area (Å²) in [6, 6.07) is 0.696. The minimum Gasteiger partial charge on any atom is -0.370 e. The molecular weight excluding hydrogens is 164 g/mol. The molecule has 0 spiro atoms. The maximum absolute atomic E-state index is 10.5. The number of hydrogen-bond donors (Lipinski definition) is 1. The van der Waals surface area contributed by atoms with Gasteiger partial charge in [-0.15, -0.1) is 0 Å². The molecule has 1 heterocycles. The molecule has 2 N–H and O–H groups in total. The van der Waals surface area contributed by atoms with Crippen LogP contribution in [0.5, 0.6) is 0 Å². The van der Waals surface area contributed by atoms with E-state index in [9.17, 15) is 4.79 Å². The number of nitrogens with two attached hydrogens (primary N) is 1. The number of primary amides is 1. The molecule has 3 nitrogen and oxygen atoms in total. The van der Waals surface area contributed by atoms with E-state index in [1.54, 1.807) is 0 Å². The van der Waals surface area contributed by atoms with Crippen molar-refractivity contribution < 1.29 is 4.79 Å². The summed E-state index contributed by atoms with van der Waals surface area (Å²) in [6.45, 7) is 4.49. The molecule has 1 aliphatic rings. The molecule has 0 aromatic heterocycles. The molecule has 1 saturated heterocycles. The first-order chi connectivity index (χ1) is 6.20. The van der Waals surface area contributed by atoms with E-state index in [1.807, 2.05) is 0 Å². The second-order valence-electron chi connectivity index (χ2n) is 3.95. The third kappa shape index (κ3) is 3.77. The van der Waals surface area contributed by atoms with Crippen molar-refractivity contribution in [1.82, 2.24) is 4.90 Å². The van der Waals surface area contributed by atoms with E-state index in [0.29, 0.717) is 12.5 Å². The number of carbonyl (C=O) groups excluding carboxylic acids is 1. The van der Waals surface area contributed by atoms with Crippen molar-refractivity contribution in [1.29, 1.82) is 0 Å². The Balaban J connectivity index is 2.15. The molecule has 1 atom stereocenters. The van der Waals surface area contributed by atoms with E-state index in [2.05, 4.69) is 11.8 Å². The predicted octanol–water partition coefficient (Wildman–Crippen LogP) is 1.13. The Morgan fingerprint density at radius 3 is 2.92 bits per heavy atom. The van der Waals surface area contributed by atoms with Gasteiger partial charge in [0.05, 0.1) is 0 Å². The molecule has 1 unspecified atom stereocenters. The van der Waals surface area contributed by atoms with Gasteiger partial charge in [-0.25, -0.2) is 0 Å². The van der Waals surface area contributed by atoms with Gasteiger partial charge in [-0.1, -0.05) is 6.42 Å². The Morgan fingerprint density at radius 1 is 1.54 bits per heavy atom. The highest BCUT2D eigenvalue weighted by atomic mass is 16.1. The maximum atomic E-state index is 10.5. The van der Waals surface area contributed by atoms with E-state index in [0.717, 1.165) is 13.0 Å². The molecule has 0 aromatic carbocycles. The Morgan fingerprint density at radius 2 is 2.31 bits per heavy atom. The second kappa shape index (κ2) is 5.22. The van der Waals surface area contributed by atoms with Crippen LogP contribution in [0, 0.1) is 0 Å². The molecule has 0 aromatic rings. The van der Waals surface area contributed by atoms with Gasteiger partial charge >= 0.3 is 0 Å². The molecule has 1 fully saturated rings. The lowest BCUT2D eigenvalue weighted by atomic mass is 10.0. The van der Waals surface area contributed by atoms with Crippen LogP contribution in [0.1, 0.15) is 39.0 Å². The summed E-state index contributed by atoms with van der Waals surface area (Å²) in [5, 5.41) is 0. The summed E-state index contributed by atoms with van der Waals surface area (Å²) < 4.78 is 0. The fraction of sp³-hybridized carbons (Fsp3) is 0.900. The summed E-state index contributed by atoms with van der Waals surface area (Å²) in [5.41, 5.74) is 5.09. The molecular formula is C10H20N2O. The molecule has 1 aliphatic heterocycles. The normalized spacial score (nSPS) is 24.5. The van der Waals surface area contributed by atoms with Gasteiger partial charge in [0.2, 0.25) is 5.91 Å². The van der Waals surface area contributed by atoms with Gasteiger partial charge in [0.25, 0.3) is 0 Å². The van der Waals surface area contributed by atoms with E-state index in [4.69, 9.17) is 5.73 Å². The quantitative estimate of drug-likeness (QED) is 0.712. The number of likely N-dealkylation sites (tertiary alicyclic amines) is 1. The molecule has 76 valence electrons. The Labute approximate surface area is 80.3 Å². The van der Waals surface area contributed by atoms with Gasteiger partial charge in [0.1, 0.15) is 0 Å². The molecule has 13 heavy (non-hydrogen) atoms. The third-order valence-electron chi connectivity index (χ3n) is 2.81. The van der Waals surface area contributed by atoms with Crippen LogP contribution in [0.15, 0.2) is 0 Å². The second-order valence-corrected chi connectivity index (χ2v) is 3.95. The zero-order valence-electron chi connectivity index (χ0n) is 8.46. The van der Waals surface area contributed by atoms with Crippen LogP contribution >= 0.6 is 0 Å². The maximum Gasteiger partial charge on any atom is 0.217 e. The summed E-state index contributed by atoms with van der Waals surface area (Å²) in [7, 11) is 0. The number of nitrogens with zero attached hydrogens (tertiary/aromatic N) is 1. The molecule has 1 rings (SSSR count). The summed E-state index contributed by atoms with van der Waals surface area (Å²) >= 11 is 0. The lowest BCUT2D eigenvalue weighted by molar-refractivity contribution is -0.118. The van der Waals surface area contributed by atoms with Crippen molar-refractivity contribution in [3.63, 3.8) is 0 Å². The van der Waals surface area contributed by atoms with Crippen LogP contribution in [0.25, 0.3) is 0 Å². The van der Waals surface area contributed by atoms with Gasteiger partial charge < -0.3 is 10.6 Å². The molecule has 1 amide bonds. The topological polar surface area (TPSA) is 46.3 Å². The van der Waals surface area contributed by atoms with Crippen molar-refractivity contribution in [3.8, 4) is 0 Å².